The molecule has 0 unspecified atom stereocenters. The monoisotopic (exact) mass is 62.0 g/mol. The lowest BCUT2D eigenvalue weighted by molar-refractivity contribution is 0.751. The second-order valence-corrected chi connectivity index (χ2v) is 0.0845. The van der Waals surface area contributed by atoms with Gasteiger partial charge in [0.15, 0.2) is 0 Å². The van der Waals surface area contributed by atoms with Crippen molar-refractivity contribution >= 4 is 0 Å². The maximum atomic E-state index is 9.60. The third-order valence-electron chi connectivity index (χ3n) is 0. The Morgan fingerprint density at radius 1 is 1.75 bits per heavy atom. The average Bonchev–Trinajstić information content (AvgIpc) is 0.918. The van der Waals surface area contributed by atoms with Gasteiger partial charge in [-0.15, -0.1) is 4.39 Å². The Balaban J connectivity index is 0. The van der Waals surface area contributed by atoms with E-state index >= 15 is 0 Å². The van der Waals surface area contributed by atoms with Crippen LogP contribution in [0, 0.1) is 11.6 Å². The molecule has 0 aromatic rings. The van der Waals surface area contributed by atoms with Crippen LogP contribution >= 0.6 is 0 Å². The molecule has 0 saturated heterocycles. The highest BCUT2D eigenvalue weighted by atomic mass is 19.1. The van der Waals surface area contributed by atoms with Gasteiger partial charge in [0.2, 0.25) is 0 Å². The molecule has 0 atom stereocenters. The summed E-state index contributed by atoms with van der Waals surface area (Å²) in [6.45, 7) is 0. The summed E-state index contributed by atoms with van der Waals surface area (Å²) in [5, 5.41) is 6.65. The summed E-state index contributed by atoms with van der Waals surface area (Å²) in [5.41, 5.74) is 0. The first kappa shape index (κ1) is 10.1. The highest BCUT2D eigenvalue weighted by Crippen LogP contribution is 1.34. The van der Waals surface area contributed by atoms with Crippen molar-refractivity contribution in [3.63, 3.8) is 0 Å². The number of hydrogen-bond acceptors (Lipinski definition) is 2. The topological polar surface area (TPSA) is 58.8 Å². The van der Waals surface area contributed by atoms with Gasteiger partial charge in [0.05, 0.1) is 0 Å². The molecule has 0 heterocycles. The molecule has 3 N–H and O–H groups in total. The van der Waals surface area contributed by atoms with E-state index in [1.165, 1.54) is 0 Å². The molecule has 0 aromatic carbocycles. The summed E-state index contributed by atoms with van der Waals surface area (Å²) >= 11 is 0. The van der Waals surface area contributed by atoms with Crippen molar-refractivity contribution in [2.45, 2.75) is 0 Å². The summed E-state index contributed by atoms with van der Waals surface area (Å²) in [7, 11) is 0. The van der Waals surface area contributed by atoms with E-state index < -0.39 is 0 Å². The zero-order valence-corrected chi connectivity index (χ0v) is 2.03. The molecule has 0 saturated carbocycles. The maximum Gasteiger partial charge on any atom is 0.273 e. The largest absolute Gasteiger partial charge is 0.344 e. The number of hydrogen-bond donors (Lipinski definition) is 1. The van der Waals surface area contributed by atoms with Gasteiger partial charge in [-0.3, -0.25) is 0 Å². The molecule has 0 bridgehead atoms. The minimum Gasteiger partial charge on any atom is -0.344 e. The van der Waals surface area contributed by atoms with Crippen molar-refractivity contribution in [2.24, 2.45) is 0 Å². The Labute approximate surface area is 23.4 Å². The molecule has 0 fully saturated rings. The van der Waals surface area contributed by atoms with Crippen LogP contribution in [0.3, 0.4) is 0 Å². The zero-order chi connectivity index (χ0) is 2.71. The van der Waals surface area contributed by atoms with Gasteiger partial charge >= 0.3 is 0 Å². The van der Waals surface area contributed by atoms with E-state index in [0.29, 0.717) is 0 Å². The number of nitriles is 1. The summed E-state index contributed by atoms with van der Waals surface area (Å²) in [5.74, 6) is 0. The SMILES string of the molecule is N.N#CF. The van der Waals surface area contributed by atoms with Gasteiger partial charge in [-0.2, -0.15) is 5.26 Å². The normalized spacial score (nSPS) is 2.00. The van der Waals surface area contributed by atoms with Crippen LogP contribution < -0.4 is 6.15 Å². The Kier molecular flexibility index (Phi) is 78.9. The Hall–Kier alpha value is -0.620. The minimum atomic E-state index is 0. The van der Waals surface area contributed by atoms with Crippen molar-refractivity contribution in [1.82, 2.24) is 6.15 Å². The van der Waals surface area contributed by atoms with Crippen molar-refractivity contribution in [2.75, 3.05) is 0 Å². The van der Waals surface area contributed by atoms with Crippen LogP contribution in [0.1, 0.15) is 0 Å². The van der Waals surface area contributed by atoms with Gasteiger partial charge in [-0.1, -0.05) is 0 Å². The van der Waals surface area contributed by atoms with Crippen molar-refractivity contribution in [3.8, 4) is 6.32 Å². The third kappa shape index (κ3) is 0.518. The lowest BCUT2D eigenvalue weighted by Crippen LogP contribution is -1.02. The summed E-state index contributed by atoms with van der Waals surface area (Å²) in [6.07, 6.45) is 0.250. The second-order valence-electron chi connectivity index (χ2n) is 0.0845. The second kappa shape index (κ2) is 31.4. The molecule has 4 heavy (non-hydrogen) atoms. The molecular weight excluding hydrogens is 59.0 g/mol. The summed E-state index contributed by atoms with van der Waals surface area (Å²) in [4.78, 5) is 0. The molecule has 0 aromatic heterocycles. The van der Waals surface area contributed by atoms with Crippen molar-refractivity contribution < 1.29 is 4.39 Å². The smallest absolute Gasteiger partial charge is 0.273 e. The average molecular weight is 62.0 g/mol. The van der Waals surface area contributed by atoms with Gasteiger partial charge in [-0.25, -0.2) is 0 Å². The van der Waals surface area contributed by atoms with Crippen LogP contribution in [-0.2, 0) is 0 Å². The van der Waals surface area contributed by atoms with E-state index in [-0.39, 0.29) is 12.5 Å². The van der Waals surface area contributed by atoms with Gasteiger partial charge in [0, 0.05) is 0 Å². The number of rotatable bonds is 0. The van der Waals surface area contributed by atoms with Gasteiger partial charge < -0.3 is 6.15 Å². The molecule has 2 nitrogen and oxygen atoms in total. The lowest BCUT2D eigenvalue weighted by Gasteiger charge is -1.10. The van der Waals surface area contributed by atoms with Crippen LogP contribution in [0.5, 0.6) is 0 Å². The fourth-order valence-corrected chi connectivity index (χ4v) is 0. The molecule has 0 rings (SSSR count). The van der Waals surface area contributed by atoms with Crippen molar-refractivity contribution in [3.05, 3.63) is 0 Å². The van der Waals surface area contributed by atoms with Crippen LogP contribution in [-0.4, -0.2) is 0 Å². The van der Waals surface area contributed by atoms with Crippen LogP contribution in [0.25, 0.3) is 0 Å². The highest BCUT2D eigenvalue weighted by molar-refractivity contribution is 4.33. The predicted octanol–water partition coefficient (Wildman–Crippen LogP) is 0.599. The van der Waals surface area contributed by atoms with Gasteiger partial charge in [-0.05, 0) is 0 Å². The maximum absolute atomic E-state index is 9.60. The molecule has 0 spiro atoms. The Morgan fingerprint density at radius 2 is 1.75 bits per heavy atom. The molecule has 3 heteroatoms. The molecule has 24 valence electrons. The van der Waals surface area contributed by atoms with Crippen LogP contribution in [0.15, 0.2) is 0 Å². The Morgan fingerprint density at radius 3 is 1.75 bits per heavy atom. The van der Waals surface area contributed by atoms with E-state index in [0.717, 1.165) is 0 Å². The molecule has 0 aliphatic heterocycles. The predicted molar refractivity (Wildman–Crippen MR) is 11.7 cm³/mol. The summed E-state index contributed by atoms with van der Waals surface area (Å²) < 4.78 is 9.60. The van der Waals surface area contributed by atoms with Gasteiger partial charge in [0.25, 0.3) is 6.32 Å². The lowest BCUT2D eigenvalue weighted by atomic mass is 11.7. The fourth-order valence-electron chi connectivity index (χ4n) is 0. The minimum absolute atomic E-state index is 0. The fraction of sp³-hybridized carbons (Fsp3) is 0. The quantitative estimate of drug-likeness (QED) is 0.446. The van der Waals surface area contributed by atoms with Gasteiger partial charge in [0.1, 0.15) is 0 Å². The molecule has 0 radical (unpaired) electrons. The van der Waals surface area contributed by atoms with Crippen LogP contribution in [0.4, 0.5) is 4.39 Å². The molecule has 0 amide bonds. The molecule has 0 aliphatic carbocycles. The van der Waals surface area contributed by atoms with Crippen LogP contribution in [0.2, 0.25) is 0 Å². The zero-order valence-electron chi connectivity index (χ0n) is 2.03. The molecule has 0 aliphatic rings. The third-order valence-corrected chi connectivity index (χ3v) is 0. The van der Waals surface area contributed by atoms with E-state index in [2.05, 4.69) is 0 Å². The number of halogens is 1. The van der Waals surface area contributed by atoms with Crippen molar-refractivity contribution in [1.29, 1.82) is 5.26 Å². The summed E-state index contributed by atoms with van der Waals surface area (Å²) in [6, 6.07) is 0. The number of nitrogens with zero attached hydrogens (tertiary/aromatic N) is 1. The van der Waals surface area contributed by atoms with E-state index in [1.54, 1.807) is 0 Å². The first-order valence-electron chi connectivity index (χ1n) is 0.413. The highest BCUT2D eigenvalue weighted by Gasteiger charge is 1.25. The Bertz CT molecular complexity index is 27.5. The molecular formula is CH3FN2. The first-order valence-corrected chi connectivity index (χ1v) is 0.413. The van der Waals surface area contributed by atoms with E-state index in [4.69, 9.17) is 5.26 Å². The van der Waals surface area contributed by atoms with E-state index in [9.17, 15) is 4.39 Å². The standard InChI is InChI=1S/CFN.H3N/c2-1-3;/h;1H3. The van der Waals surface area contributed by atoms with E-state index in [1.807, 2.05) is 0 Å². The first-order chi connectivity index (χ1) is 1.41.